The number of imidazole rings is 1. The van der Waals surface area contributed by atoms with Crippen LogP contribution in [-0.4, -0.2) is 51.6 Å². The molecule has 3 heterocycles. The largest absolute Gasteiger partial charge is 0.497 e. The van der Waals surface area contributed by atoms with Crippen molar-refractivity contribution in [1.29, 1.82) is 0 Å². The number of pyridine rings is 1. The van der Waals surface area contributed by atoms with Gasteiger partial charge in [-0.15, -0.1) is 10.2 Å². The molecule has 0 radical (unpaired) electrons. The van der Waals surface area contributed by atoms with Crippen LogP contribution in [0.5, 0.6) is 5.75 Å². The number of benzene rings is 1. The van der Waals surface area contributed by atoms with Gasteiger partial charge in [-0.2, -0.15) is 4.31 Å². The lowest BCUT2D eigenvalue weighted by atomic mass is 10.2. The minimum atomic E-state index is -4.19. The van der Waals surface area contributed by atoms with Gasteiger partial charge in [0.25, 0.3) is 6.43 Å². The van der Waals surface area contributed by atoms with E-state index < -0.39 is 33.7 Å². The van der Waals surface area contributed by atoms with Gasteiger partial charge in [0, 0.05) is 12.7 Å². The van der Waals surface area contributed by atoms with Crippen LogP contribution in [0, 0.1) is 0 Å². The summed E-state index contributed by atoms with van der Waals surface area (Å²) < 4.78 is 76.3. The lowest BCUT2D eigenvalue weighted by molar-refractivity contribution is 0.150. The second-order valence-electron chi connectivity index (χ2n) is 8.32. The van der Waals surface area contributed by atoms with E-state index in [0.717, 1.165) is 0 Å². The van der Waals surface area contributed by atoms with E-state index in [0.29, 0.717) is 51.3 Å². The Hall–Kier alpha value is -2.55. The lowest BCUT2D eigenvalue weighted by Gasteiger charge is -2.29. The van der Waals surface area contributed by atoms with Gasteiger partial charge in [0.15, 0.2) is 15.7 Å². The molecule has 0 unspecified atom stereocenters. The fourth-order valence-electron chi connectivity index (χ4n) is 3.87. The van der Waals surface area contributed by atoms with Gasteiger partial charge in [0.05, 0.1) is 23.3 Å². The molecule has 1 saturated carbocycles. The van der Waals surface area contributed by atoms with Crippen LogP contribution in [0.15, 0.2) is 52.1 Å². The third-order valence-electron chi connectivity index (χ3n) is 6.06. The Bertz CT molecular complexity index is 1520. The minimum Gasteiger partial charge on any atom is -0.497 e. The smallest absolute Gasteiger partial charge is 0.291 e. The average molecular weight is 602 g/mol. The summed E-state index contributed by atoms with van der Waals surface area (Å²) in [6.45, 7) is -0.847. The number of alkyl halides is 3. The number of rotatable bonds is 9. The first-order valence-corrected chi connectivity index (χ1v) is 13.7. The Morgan fingerprint density at radius 1 is 1.25 bits per heavy atom. The fraction of sp³-hybridized carbons (Fsp3) is 0.318. The molecule has 0 saturated heterocycles. The highest BCUT2D eigenvalue weighted by molar-refractivity contribution is 9.10. The highest BCUT2D eigenvalue weighted by Crippen LogP contribution is 2.46. The summed E-state index contributed by atoms with van der Waals surface area (Å²) >= 11 is 4.06. The molecule has 5 rings (SSSR count). The maximum Gasteiger partial charge on any atom is 0.291 e. The van der Waals surface area contributed by atoms with E-state index in [1.54, 1.807) is 24.3 Å². The van der Waals surface area contributed by atoms with Gasteiger partial charge < -0.3 is 4.74 Å². The van der Waals surface area contributed by atoms with Crippen LogP contribution in [0.25, 0.3) is 16.3 Å². The molecule has 0 N–H and O–H groups in total. The molecule has 0 atom stereocenters. The summed E-state index contributed by atoms with van der Waals surface area (Å²) in [7, 11) is -2.66. The number of methoxy groups -OCH3 is 1. The van der Waals surface area contributed by atoms with E-state index in [1.165, 1.54) is 34.3 Å². The zero-order chi connectivity index (χ0) is 25.7. The number of hydrogen-bond acceptors (Lipinski definition) is 7. The maximum atomic E-state index is 14.2. The van der Waals surface area contributed by atoms with Gasteiger partial charge in [0.1, 0.15) is 23.0 Å². The Balaban J connectivity index is 1.58. The molecule has 0 amide bonds. The quantitative estimate of drug-likeness (QED) is 0.260. The van der Waals surface area contributed by atoms with Crippen LogP contribution in [0.3, 0.4) is 0 Å². The molecule has 0 aliphatic heterocycles. The zero-order valence-electron chi connectivity index (χ0n) is 18.7. The first kappa shape index (κ1) is 25.1. The third-order valence-corrected chi connectivity index (χ3v) is 9.51. The zero-order valence-corrected chi connectivity index (χ0v) is 22.0. The van der Waals surface area contributed by atoms with Gasteiger partial charge >= 0.3 is 0 Å². The van der Waals surface area contributed by atoms with Crippen molar-refractivity contribution in [1.82, 2.24) is 23.9 Å². The van der Waals surface area contributed by atoms with Crippen molar-refractivity contribution in [2.45, 2.75) is 36.2 Å². The van der Waals surface area contributed by atoms with Crippen LogP contribution < -0.4 is 4.74 Å². The molecule has 36 heavy (non-hydrogen) atoms. The molecule has 190 valence electrons. The lowest BCUT2D eigenvalue weighted by Crippen LogP contribution is -2.43. The van der Waals surface area contributed by atoms with Crippen molar-refractivity contribution in [2.75, 3.05) is 13.8 Å². The Morgan fingerprint density at radius 2 is 1.97 bits per heavy atom. The summed E-state index contributed by atoms with van der Waals surface area (Å²) in [5.41, 5.74) is 0.228. The fourth-order valence-corrected chi connectivity index (χ4v) is 7.09. The van der Waals surface area contributed by atoms with E-state index in [1.807, 2.05) is 0 Å². The van der Waals surface area contributed by atoms with Crippen LogP contribution in [0.1, 0.15) is 29.8 Å². The molecule has 4 aromatic rings. The topological polar surface area (TPSA) is 89.7 Å². The van der Waals surface area contributed by atoms with Crippen molar-refractivity contribution in [3.8, 4) is 16.5 Å². The van der Waals surface area contributed by atoms with Gasteiger partial charge in [-0.3, -0.25) is 4.40 Å². The molecular formula is C22H19BrF3N5O3S2. The maximum absolute atomic E-state index is 14.2. The third kappa shape index (κ3) is 4.40. The van der Waals surface area contributed by atoms with Crippen molar-refractivity contribution in [3.63, 3.8) is 0 Å². The summed E-state index contributed by atoms with van der Waals surface area (Å²) in [5.74, 6) is 0.619. The number of hydrogen-bond donors (Lipinski definition) is 0. The van der Waals surface area contributed by atoms with Crippen LogP contribution in [-0.2, 0) is 16.6 Å². The summed E-state index contributed by atoms with van der Waals surface area (Å²) in [5, 5.41) is 7.02. The molecule has 1 fully saturated rings. The van der Waals surface area contributed by atoms with E-state index >= 15 is 0 Å². The van der Waals surface area contributed by atoms with Gasteiger partial charge in [-0.05, 0) is 52.5 Å². The van der Waals surface area contributed by atoms with E-state index in [4.69, 9.17) is 4.74 Å². The first-order chi connectivity index (χ1) is 17.2. The van der Waals surface area contributed by atoms with Crippen LogP contribution >= 0.6 is 27.3 Å². The number of nitrogens with zero attached hydrogens (tertiary/aromatic N) is 5. The van der Waals surface area contributed by atoms with E-state index in [9.17, 15) is 21.6 Å². The molecule has 3 aromatic heterocycles. The predicted molar refractivity (Wildman–Crippen MR) is 130 cm³/mol. The second-order valence-corrected chi connectivity index (χ2v) is 12.1. The average Bonchev–Trinajstić information content (AvgIpc) is 3.27. The normalized spacial score (nSPS) is 15.2. The monoisotopic (exact) mass is 601 g/mol. The van der Waals surface area contributed by atoms with Crippen molar-refractivity contribution in [2.24, 2.45) is 0 Å². The predicted octanol–water partition coefficient (Wildman–Crippen LogP) is 5.25. The summed E-state index contributed by atoms with van der Waals surface area (Å²) in [4.78, 5) is 4.16. The standard InChI is InChI=1S/C22H19BrF3N5O3S2/c1-34-14-4-2-13(3-5-14)10-31(22(12-24)6-7-22)36(32,33)15-8-16(23)19-27-9-17(30(19)11-15)20-28-29-21(35-20)18(25)26/h2-5,8-9,11,18H,6-7,10,12H2,1H3. The molecule has 1 aliphatic carbocycles. The van der Waals surface area contributed by atoms with Gasteiger partial charge in [0.2, 0.25) is 10.0 Å². The van der Waals surface area contributed by atoms with Crippen molar-refractivity contribution >= 4 is 42.9 Å². The van der Waals surface area contributed by atoms with Gasteiger partial charge in [-0.1, -0.05) is 23.5 Å². The Labute approximate surface area is 216 Å². The van der Waals surface area contributed by atoms with Crippen molar-refractivity contribution < 1.29 is 26.3 Å². The molecule has 1 aliphatic rings. The number of fused-ring (bicyclic) bond motifs is 1. The number of sulfonamides is 1. The molecule has 0 spiro atoms. The Morgan fingerprint density at radius 3 is 2.56 bits per heavy atom. The number of aromatic nitrogens is 4. The number of halogens is 4. The minimum absolute atomic E-state index is 0.0309. The molecule has 1 aromatic carbocycles. The molecule has 0 bridgehead atoms. The second kappa shape index (κ2) is 9.39. The summed E-state index contributed by atoms with van der Waals surface area (Å²) in [6, 6.07) is 8.30. The highest BCUT2D eigenvalue weighted by atomic mass is 79.9. The van der Waals surface area contributed by atoms with E-state index in [-0.39, 0.29) is 16.4 Å². The number of ether oxygens (including phenoxy) is 1. The Kier molecular flexibility index (Phi) is 6.55. The molecule has 8 nitrogen and oxygen atoms in total. The van der Waals surface area contributed by atoms with Crippen LogP contribution in [0.2, 0.25) is 0 Å². The molecule has 14 heteroatoms. The first-order valence-electron chi connectivity index (χ1n) is 10.7. The summed E-state index contributed by atoms with van der Waals surface area (Å²) in [6.07, 6.45) is 0.779. The van der Waals surface area contributed by atoms with Crippen LogP contribution in [0.4, 0.5) is 13.2 Å². The molecular weight excluding hydrogens is 583 g/mol. The van der Waals surface area contributed by atoms with E-state index in [2.05, 4.69) is 31.1 Å². The van der Waals surface area contributed by atoms with Gasteiger partial charge in [-0.25, -0.2) is 26.6 Å². The SMILES string of the molecule is COc1ccc(CN(C2(CF)CC2)S(=O)(=O)c2cc(Br)c3ncc(-c4nnc(C(F)F)s4)n3c2)cc1. The highest BCUT2D eigenvalue weighted by Gasteiger charge is 2.53. The van der Waals surface area contributed by atoms with Crippen molar-refractivity contribution in [3.05, 3.63) is 57.8 Å².